The minimum atomic E-state index is -3.58. The van der Waals surface area contributed by atoms with Crippen LogP contribution in [-0.2, 0) is 10.0 Å². The Kier molecular flexibility index (Phi) is 5.74. The lowest BCUT2D eigenvalue weighted by Gasteiger charge is -2.23. The number of rotatable bonds is 6. The van der Waals surface area contributed by atoms with E-state index >= 15 is 0 Å². The summed E-state index contributed by atoms with van der Waals surface area (Å²) in [6.07, 6.45) is 4.63. The molecule has 0 saturated heterocycles. The molecular formula is C19H19ClN4O2S. The van der Waals surface area contributed by atoms with Gasteiger partial charge in [0.2, 0.25) is 10.0 Å². The minimum Gasteiger partial charge on any atom is -0.223 e. The summed E-state index contributed by atoms with van der Waals surface area (Å²) in [6, 6.07) is 14.2. The quantitative estimate of drug-likeness (QED) is 0.626. The fourth-order valence-electron chi connectivity index (χ4n) is 2.51. The number of aromatic nitrogens is 3. The number of benzene rings is 2. The van der Waals surface area contributed by atoms with Gasteiger partial charge in [0, 0.05) is 23.5 Å². The molecule has 2 aromatic carbocycles. The maximum absolute atomic E-state index is 12.6. The van der Waals surface area contributed by atoms with Crippen molar-refractivity contribution in [2.75, 3.05) is 7.05 Å². The van der Waals surface area contributed by atoms with Crippen LogP contribution >= 0.6 is 11.6 Å². The number of halogens is 1. The number of hydrogen-bond acceptors (Lipinski definition) is 4. The molecule has 0 fully saturated rings. The van der Waals surface area contributed by atoms with E-state index in [1.165, 1.54) is 16.0 Å². The molecule has 3 rings (SSSR count). The third-order valence-corrected chi connectivity index (χ3v) is 6.16. The topological polar surface area (TPSA) is 68.1 Å². The van der Waals surface area contributed by atoms with E-state index in [0.29, 0.717) is 5.02 Å². The highest BCUT2D eigenvalue weighted by Crippen LogP contribution is 2.24. The van der Waals surface area contributed by atoms with Crippen LogP contribution in [0.4, 0.5) is 0 Å². The van der Waals surface area contributed by atoms with E-state index in [0.717, 1.165) is 16.8 Å². The van der Waals surface area contributed by atoms with Gasteiger partial charge in [0.1, 0.15) is 12.7 Å². The first kappa shape index (κ1) is 19.3. The molecule has 6 nitrogen and oxygen atoms in total. The summed E-state index contributed by atoms with van der Waals surface area (Å²) in [5.74, 6) is 0. The fraction of sp³-hybridized carbons (Fsp3) is 0.158. The molecule has 3 aromatic rings. The van der Waals surface area contributed by atoms with Crippen molar-refractivity contribution in [3.8, 4) is 5.69 Å². The summed E-state index contributed by atoms with van der Waals surface area (Å²) in [6.45, 7) is 1.85. The van der Waals surface area contributed by atoms with E-state index in [1.807, 2.05) is 31.2 Å². The summed E-state index contributed by atoms with van der Waals surface area (Å²) in [5.41, 5.74) is 2.50. The second-order valence-corrected chi connectivity index (χ2v) is 8.34. The Labute approximate surface area is 163 Å². The minimum absolute atomic E-state index is 0.324. The van der Waals surface area contributed by atoms with Crippen molar-refractivity contribution in [1.82, 2.24) is 19.1 Å². The smallest absolute Gasteiger partial charge is 0.223 e. The third-order valence-electron chi connectivity index (χ3n) is 4.31. The van der Waals surface area contributed by atoms with Crippen molar-refractivity contribution in [3.05, 3.63) is 82.7 Å². The third kappa shape index (κ3) is 4.63. The van der Waals surface area contributed by atoms with Crippen molar-refractivity contribution >= 4 is 27.7 Å². The average Bonchev–Trinajstić information content (AvgIpc) is 3.21. The van der Waals surface area contributed by atoms with Crippen LogP contribution in [0.25, 0.3) is 11.8 Å². The first-order chi connectivity index (χ1) is 12.9. The molecule has 1 aromatic heterocycles. The molecule has 0 saturated carbocycles. The van der Waals surface area contributed by atoms with Gasteiger partial charge in [-0.1, -0.05) is 35.9 Å². The van der Waals surface area contributed by atoms with Gasteiger partial charge in [0.05, 0.1) is 5.69 Å². The highest BCUT2D eigenvalue weighted by Gasteiger charge is 2.22. The standard InChI is InChI=1S/C19H19ClN4O2S/c1-15(17-5-9-19(10-6-17)24-14-21-13-22-24)23(2)27(25,26)12-11-16-3-7-18(20)8-4-16/h3-15H,1-2H3/b12-11+/t15-/m1/s1. The van der Waals surface area contributed by atoms with Crippen molar-refractivity contribution in [2.24, 2.45) is 0 Å². The Hall–Kier alpha value is -2.48. The van der Waals surface area contributed by atoms with Gasteiger partial charge in [0.25, 0.3) is 0 Å². The Morgan fingerprint density at radius 3 is 2.37 bits per heavy atom. The summed E-state index contributed by atoms with van der Waals surface area (Å²) in [4.78, 5) is 3.92. The van der Waals surface area contributed by atoms with Crippen LogP contribution in [0.15, 0.2) is 66.6 Å². The highest BCUT2D eigenvalue weighted by atomic mass is 35.5. The second kappa shape index (κ2) is 8.04. The van der Waals surface area contributed by atoms with Crippen LogP contribution in [0.2, 0.25) is 5.02 Å². The molecule has 0 radical (unpaired) electrons. The van der Waals surface area contributed by atoms with Crippen molar-refractivity contribution in [2.45, 2.75) is 13.0 Å². The molecule has 0 aliphatic heterocycles. The molecule has 8 heteroatoms. The Morgan fingerprint density at radius 1 is 1.11 bits per heavy atom. The zero-order chi connectivity index (χ0) is 19.4. The lowest BCUT2D eigenvalue weighted by Crippen LogP contribution is -2.28. The fourth-order valence-corrected chi connectivity index (χ4v) is 3.72. The number of hydrogen-bond donors (Lipinski definition) is 0. The van der Waals surface area contributed by atoms with Crippen LogP contribution < -0.4 is 0 Å². The van der Waals surface area contributed by atoms with Crippen LogP contribution in [-0.4, -0.2) is 34.5 Å². The van der Waals surface area contributed by atoms with Gasteiger partial charge >= 0.3 is 0 Å². The zero-order valence-electron chi connectivity index (χ0n) is 14.9. The molecule has 1 heterocycles. The summed E-state index contributed by atoms with van der Waals surface area (Å²) < 4.78 is 28.2. The molecule has 0 aliphatic carbocycles. The largest absolute Gasteiger partial charge is 0.236 e. The average molecular weight is 403 g/mol. The Morgan fingerprint density at radius 2 is 1.78 bits per heavy atom. The van der Waals surface area contributed by atoms with Crippen molar-refractivity contribution in [1.29, 1.82) is 0 Å². The van der Waals surface area contributed by atoms with Gasteiger partial charge < -0.3 is 0 Å². The maximum Gasteiger partial charge on any atom is 0.236 e. The predicted octanol–water partition coefficient (Wildman–Crippen LogP) is 3.91. The molecule has 140 valence electrons. The van der Waals surface area contributed by atoms with E-state index in [-0.39, 0.29) is 6.04 Å². The zero-order valence-corrected chi connectivity index (χ0v) is 16.5. The van der Waals surface area contributed by atoms with Crippen molar-refractivity contribution < 1.29 is 8.42 Å². The molecule has 1 atom stereocenters. The molecule has 0 aliphatic rings. The highest BCUT2D eigenvalue weighted by molar-refractivity contribution is 7.92. The summed E-state index contributed by atoms with van der Waals surface area (Å²) >= 11 is 5.85. The van der Waals surface area contributed by atoms with E-state index in [1.54, 1.807) is 48.4 Å². The normalized spacial score (nSPS) is 13.3. The lowest BCUT2D eigenvalue weighted by atomic mass is 10.1. The summed E-state index contributed by atoms with van der Waals surface area (Å²) in [5, 5.41) is 5.89. The van der Waals surface area contributed by atoms with E-state index in [4.69, 9.17) is 11.6 Å². The molecule has 0 spiro atoms. The van der Waals surface area contributed by atoms with Crippen molar-refractivity contribution in [3.63, 3.8) is 0 Å². The van der Waals surface area contributed by atoms with Gasteiger partial charge in [-0.05, 0) is 48.4 Å². The molecule has 0 amide bonds. The van der Waals surface area contributed by atoms with Crippen LogP contribution in [0.1, 0.15) is 24.1 Å². The molecular weight excluding hydrogens is 384 g/mol. The van der Waals surface area contributed by atoms with Gasteiger partial charge in [-0.25, -0.2) is 18.1 Å². The van der Waals surface area contributed by atoms with Gasteiger partial charge in [-0.15, -0.1) is 0 Å². The predicted molar refractivity (Wildman–Crippen MR) is 107 cm³/mol. The Balaban J connectivity index is 1.75. The lowest BCUT2D eigenvalue weighted by molar-refractivity contribution is 0.404. The first-order valence-electron chi connectivity index (χ1n) is 8.23. The molecule has 0 bridgehead atoms. The second-order valence-electron chi connectivity index (χ2n) is 6.02. The van der Waals surface area contributed by atoms with Gasteiger partial charge in [-0.2, -0.15) is 9.40 Å². The molecule has 27 heavy (non-hydrogen) atoms. The molecule has 0 unspecified atom stereocenters. The van der Waals surface area contributed by atoms with Crippen LogP contribution in [0.5, 0.6) is 0 Å². The number of nitrogens with zero attached hydrogens (tertiary/aromatic N) is 4. The maximum atomic E-state index is 12.6. The molecule has 0 N–H and O–H groups in total. The van der Waals surface area contributed by atoms with Gasteiger partial charge in [0.15, 0.2) is 0 Å². The van der Waals surface area contributed by atoms with E-state index in [9.17, 15) is 8.42 Å². The first-order valence-corrected chi connectivity index (χ1v) is 10.1. The Bertz CT molecular complexity index is 1010. The monoisotopic (exact) mass is 402 g/mol. The number of sulfonamides is 1. The van der Waals surface area contributed by atoms with Crippen LogP contribution in [0, 0.1) is 0 Å². The summed E-state index contributed by atoms with van der Waals surface area (Å²) in [7, 11) is -2.01. The van der Waals surface area contributed by atoms with Gasteiger partial charge in [-0.3, -0.25) is 0 Å². The SMILES string of the molecule is C[C@H](c1ccc(-n2cncn2)cc1)N(C)S(=O)(=O)/C=C/c1ccc(Cl)cc1. The van der Waals surface area contributed by atoms with Crippen LogP contribution in [0.3, 0.4) is 0 Å². The van der Waals surface area contributed by atoms with E-state index in [2.05, 4.69) is 10.1 Å². The van der Waals surface area contributed by atoms with E-state index < -0.39 is 10.0 Å².